The molecule has 0 amide bonds. The Labute approximate surface area is 100 Å². The third-order valence-corrected chi connectivity index (χ3v) is 3.04. The van der Waals surface area contributed by atoms with Gasteiger partial charge in [0.2, 0.25) is 0 Å². The molecule has 3 rings (SSSR count). The van der Waals surface area contributed by atoms with Gasteiger partial charge < -0.3 is 9.73 Å². The average Bonchev–Trinajstić information content (AvgIpc) is 3.00. The fourth-order valence-corrected chi connectivity index (χ4v) is 2.20. The Morgan fingerprint density at radius 2 is 2.29 bits per heavy atom. The van der Waals surface area contributed by atoms with E-state index in [4.69, 9.17) is 4.42 Å². The maximum atomic E-state index is 5.09. The van der Waals surface area contributed by atoms with Crippen molar-refractivity contribution in [2.75, 3.05) is 0 Å². The first-order valence-corrected chi connectivity index (χ1v) is 6.00. The summed E-state index contributed by atoms with van der Waals surface area (Å²) in [4.78, 5) is 9.27. The van der Waals surface area contributed by atoms with Crippen LogP contribution in [0.1, 0.15) is 30.3 Å². The van der Waals surface area contributed by atoms with E-state index >= 15 is 0 Å². The van der Waals surface area contributed by atoms with Crippen molar-refractivity contribution < 1.29 is 4.42 Å². The van der Waals surface area contributed by atoms with Crippen LogP contribution in [0.15, 0.2) is 23.0 Å². The second kappa shape index (κ2) is 4.30. The Morgan fingerprint density at radius 3 is 3.06 bits per heavy atom. The molecule has 0 radical (unpaired) electrons. The summed E-state index contributed by atoms with van der Waals surface area (Å²) in [5.41, 5.74) is 4.56. The summed E-state index contributed by atoms with van der Waals surface area (Å²) in [6, 6.07) is 1.90. The molecule has 4 nitrogen and oxygen atoms in total. The SMILES string of the molecule is CCCc1nc(-c2ccoc2)nc2c1CNC2. The molecule has 0 aliphatic carbocycles. The van der Waals surface area contributed by atoms with Gasteiger partial charge in [0.05, 0.1) is 17.5 Å². The summed E-state index contributed by atoms with van der Waals surface area (Å²) in [7, 11) is 0. The number of hydrogen-bond donors (Lipinski definition) is 1. The molecule has 2 aromatic heterocycles. The smallest absolute Gasteiger partial charge is 0.162 e. The van der Waals surface area contributed by atoms with Crippen LogP contribution in [-0.2, 0) is 19.5 Å². The number of furan rings is 1. The molecule has 0 atom stereocenters. The topological polar surface area (TPSA) is 51.0 Å². The van der Waals surface area contributed by atoms with Gasteiger partial charge in [0, 0.05) is 24.3 Å². The van der Waals surface area contributed by atoms with Gasteiger partial charge in [-0.3, -0.25) is 0 Å². The minimum Gasteiger partial charge on any atom is -0.472 e. The maximum absolute atomic E-state index is 5.09. The molecule has 1 N–H and O–H groups in total. The van der Waals surface area contributed by atoms with Crippen LogP contribution in [0.3, 0.4) is 0 Å². The number of hydrogen-bond acceptors (Lipinski definition) is 4. The molecule has 3 heterocycles. The molecular weight excluding hydrogens is 214 g/mol. The molecule has 2 aromatic rings. The zero-order valence-electron chi connectivity index (χ0n) is 9.86. The Hall–Kier alpha value is -1.68. The molecule has 1 aliphatic rings. The molecule has 0 saturated carbocycles. The van der Waals surface area contributed by atoms with Gasteiger partial charge in [-0.1, -0.05) is 13.3 Å². The van der Waals surface area contributed by atoms with Crippen molar-refractivity contribution in [2.45, 2.75) is 32.9 Å². The number of nitrogens with one attached hydrogen (secondary N) is 1. The molecule has 88 valence electrons. The number of aryl methyl sites for hydroxylation is 1. The summed E-state index contributed by atoms with van der Waals surface area (Å²) in [6.45, 7) is 3.92. The predicted molar refractivity (Wildman–Crippen MR) is 64.3 cm³/mol. The van der Waals surface area contributed by atoms with Crippen LogP contribution >= 0.6 is 0 Å². The lowest BCUT2D eigenvalue weighted by atomic mass is 10.1. The van der Waals surface area contributed by atoms with Crippen LogP contribution in [0.5, 0.6) is 0 Å². The van der Waals surface area contributed by atoms with E-state index in [1.807, 2.05) is 6.07 Å². The monoisotopic (exact) mass is 229 g/mol. The Kier molecular flexibility index (Phi) is 2.65. The minimum absolute atomic E-state index is 0.782. The lowest BCUT2D eigenvalue weighted by Crippen LogP contribution is -2.03. The maximum Gasteiger partial charge on any atom is 0.162 e. The molecule has 0 aromatic carbocycles. The van der Waals surface area contributed by atoms with Gasteiger partial charge in [-0.05, 0) is 12.5 Å². The third-order valence-electron chi connectivity index (χ3n) is 3.04. The average molecular weight is 229 g/mol. The van der Waals surface area contributed by atoms with E-state index in [9.17, 15) is 0 Å². The highest BCUT2D eigenvalue weighted by atomic mass is 16.3. The quantitative estimate of drug-likeness (QED) is 0.877. The fraction of sp³-hybridized carbons (Fsp3) is 0.385. The number of nitrogens with zero attached hydrogens (tertiary/aromatic N) is 2. The van der Waals surface area contributed by atoms with Gasteiger partial charge >= 0.3 is 0 Å². The van der Waals surface area contributed by atoms with Gasteiger partial charge in [0.25, 0.3) is 0 Å². The normalized spacial score (nSPS) is 13.9. The highest BCUT2D eigenvalue weighted by Gasteiger charge is 2.19. The van der Waals surface area contributed by atoms with Crippen molar-refractivity contribution in [1.82, 2.24) is 15.3 Å². The van der Waals surface area contributed by atoms with E-state index in [1.54, 1.807) is 12.5 Å². The lowest BCUT2D eigenvalue weighted by Gasteiger charge is -2.07. The second-order valence-corrected chi connectivity index (χ2v) is 4.28. The van der Waals surface area contributed by atoms with Crippen LogP contribution < -0.4 is 5.32 Å². The number of aromatic nitrogens is 2. The van der Waals surface area contributed by atoms with Crippen LogP contribution in [0.2, 0.25) is 0 Å². The van der Waals surface area contributed by atoms with Gasteiger partial charge in [-0.15, -0.1) is 0 Å². The Morgan fingerprint density at radius 1 is 1.35 bits per heavy atom. The van der Waals surface area contributed by atoms with E-state index in [1.165, 1.54) is 11.3 Å². The molecule has 1 aliphatic heterocycles. The Balaban J connectivity index is 2.09. The summed E-state index contributed by atoms with van der Waals surface area (Å²) in [5, 5.41) is 3.33. The fourth-order valence-electron chi connectivity index (χ4n) is 2.20. The molecule has 0 bridgehead atoms. The summed E-state index contributed by atoms with van der Waals surface area (Å²) in [5.74, 6) is 0.782. The second-order valence-electron chi connectivity index (χ2n) is 4.28. The van der Waals surface area contributed by atoms with Crippen LogP contribution in [0, 0.1) is 0 Å². The van der Waals surface area contributed by atoms with Crippen molar-refractivity contribution in [1.29, 1.82) is 0 Å². The molecule has 0 unspecified atom stereocenters. The van der Waals surface area contributed by atoms with Crippen molar-refractivity contribution in [3.05, 3.63) is 35.5 Å². The van der Waals surface area contributed by atoms with Gasteiger partial charge in [0.1, 0.15) is 6.26 Å². The zero-order valence-corrected chi connectivity index (χ0v) is 9.86. The minimum atomic E-state index is 0.782. The van der Waals surface area contributed by atoms with Crippen LogP contribution in [-0.4, -0.2) is 9.97 Å². The first kappa shape index (κ1) is 10.5. The molecule has 0 saturated heterocycles. The summed E-state index contributed by atoms with van der Waals surface area (Å²) < 4.78 is 5.09. The summed E-state index contributed by atoms with van der Waals surface area (Å²) >= 11 is 0. The third kappa shape index (κ3) is 1.85. The highest BCUT2D eigenvalue weighted by molar-refractivity contribution is 5.54. The molecule has 17 heavy (non-hydrogen) atoms. The first-order chi connectivity index (χ1) is 8.38. The highest BCUT2D eigenvalue weighted by Crippen LogP contribution is 2.23. The standard InChI is InChI=1S/C13H15N3O/c1-2-3-11-10-6-14-7-12(10)16-13(15-11)9-4-5-17-8-9/h4-5,8,14H,2-3,6-7H2,1H3. The van der Waals surface area contributed by atoms with Crippen molar-refractivity contribution in [3.8, 4) is 11.4 Å². The van der Waals surface area contributed by atoms with E-state index in [-0.39, 0.29) is 0 Å². The van der Waals surface area contributed by atoms with E-state index in [0.717, 1.165) is 43.0 Å². The van der Waals surface area contributed by atoms with Crippen LogP contribution in [0.25, 0.3) is 11.4 Å². The Bertz CT molecular complexity index is 520. The van der Waals surface area contributed by atoms with E-state index < -0.39 is 0 Å². The predicted octanol–water partition coefficient (Wildman–Crippen LogP) is 2.29. The zero-order chi connectivity index (χ0) is 11.7. The number of rotatable bonds is 3. The lowest BCUT2D eigenvalue weighted by molar-refractivity contribution is 0.568. The molecule has 4 heteroatoms. The van der Waals surface area contributed by atoms with Gasteiger partial charge in [0.15, 0.2) is 5.82 Å². The van der Waals surface area contributed by atoms with Gasteiger partial charge in [-0.2, -0.15) is 0 Å². The van der Waals surface area contributed by atoms with Crippen molar-refractivity contribution in [3.63, 3.8) is 0 Å². The van der Waals surface area contributed by atoms with E-state index in [0.29, 0.717) is 0 Å². The largest absolute Gasteiger partial charge is 0.472 e. The van der Waals surface area contributed by atoms with Crippen molar-refractivity contribution in [2.24, 2.45) is 0 Å². The summed E-state index contributed by atoms with van der Waals surface area (Å²) in [6.07, 6.45) is 5.47. The first-order valence-electron chi connectivity index (χ1n) is 6.00. The number of fused-ring (bicyclic) bond motifs is 1. The van der Waals surface area contributed by atoms with E-state index in [2.05, 4.69) is 22.2 Å². The van der Waals surface area contributed by atoms with Crippen molar-refractivity contribution >= 4 is 0 Å². The molecule has 0 fully saturated rings. The van der Waals surface area contributed by atoms with Crippen LogP contribution in [0.4, 0.5) is 0 Å². The van der Waals surface area contributed by atoms with Gasteiger partial charge in [-0.25, -0.2) is 9.97 Å². The molecular formula is C13H15N3O. The molecule has 0 spiro atoms.